The summed E-state index contributed by atoms with van der Waals surface area (Å²) >= 11 is 0. The first-order valence-corrected chi connectivity index (χ1v) is 12.1. The second-order valence-electron chi connectivity index (χ2n) is 9.63. The number of carbonyl (C=O) groups is 2. The van der Waals surface area contributed by atoms with Gasteiger partial charge in [-0.15, -0.1) is 0 Å². The largest absolute Gasteiger partial charge is 0.417 e. The monoisotopic (exact) mass is 498 g/mol. The number of halogens is 3. The summed E-state index contributed by atoms with van der Waals surface area (Å²) in [7, 11) is 1.56. The molecule has 0 bridgehead atoms. The number of nitriles is 1. The molecular weight excluding hydrogens is 469 g/mol. The van der Waals surface area contributed by atoms with E-state index in [9.17, 15) is 22.8 Å². The van der Waals surface area contributed by atoms with Crippen molar-refractivity contribution < 1.29 is 22.8 Å². The molecule has 0 unspecified atom stereocenters. The molecule has 2 aliphatic rings. The van der Waals surface area contributed by atoms with Crippen molar-refractivity contribution >= 4 is 17.5 Å². The van der Waals surface area contributed by atoms with Crippen LogP contribution in [0.15, 0.2) is 42.5 Å². The molecule has 6 nitrogen and oxygen atoms in total. The number of rotatable bonds is 4. The maximum absolute atomic E-state index is 13.5. The lowest BCUT2D eigenvalue weighted by atomic mass is 9.78. The highest BCUT2D eigenvalue weighted by atomic mass is 19.4. The van der Waals surface area contributed by atoms with Crippen molar-refractivity contribution in [1.29, 1.82) is 5.26 Å². The average Bonchev–Trinajstić information content (AvgIpc) is 3.32. The number of hydrogen-bond acceptors (Lipinski definition) is 4. The van der Waals surface area contributed by atoms with Crippen LogP contribution >= 0.6 is 0 Å². The number of amides is 2. The smallest absolute Gasteiger partial charge is 0.370 e. The highest BCUT2D eigenvalue weighted by Gasteiger charge is 2.43. The SMILES string of the molecule is CNC(=O)[C@@H]1CN(c2ccc(C#N)c(C(F)(F)F)c2)C[C@H]1C1CCN(C(=O)c2cccc(C)c2)CC1. The number of nitrogens with one attached hydrogen (secondary N) is 1. The van der Waals surface area contributed by atoms with E-state index < -0.39 is 17.3 Å². The number of alkyl halides is 3. The molecule has 2 heterocycles. The van der Waals surface area contributed by atoms with Crippen molar-refractivity contribution in [2.24, 2.45) is 17.8 Å². The molecule has 0 aliphatic carbocycles. The highest BCUT2D eigenvalue weighted by Crippen LogP contribution is 2.40. The van der Waals surface area contributed by atoms with E-state index in [2.05, 4.69) is 5.32 Å². The molecule has 2 aromatic rings. The zero-order valence-electron chi connectivity index (χ0n) is 20.3. The predicted octanol–water partition coefficient (Wildman–Crippen LogP) is 4.24. The molecule has 9 heteroatoms. The summed E-state index contributed by atoms with van der Waals surface area (Å²) in [5.41, 5.74) is 0.641. The second-order valence-corrected chi connectivity index (χ2v) is 9.63. The molecule has 2 saturated heterocycles. The van der Waals surface area contributed by atoms with Crippen LogP contribution in [-0.2, 0) is 11.0 Å². The topological polar surface area (TPSA) is 76.4 Å². The Bertz CT molecular complexity index is 1180. The van der Waals surface area contributed by atoms with Gasteiger partial charge in [0.2, 0.25) is 5.91 Å². The summed E-state index contributed by atoms with van der Waals surface area (Å²) in [6, 6.07) is 12.8. The van der Waals surface area contributed by atoms with Crippen LogP contribution in [0.3, 0.4) is 0 Å². The quantitative estimate of drug-likeness (QED) is 0.685. The standard InChI is InChI=1S/C27H29F3N4O2/c1-17-4-3-5-19(12-17)26(36)33-10-8-18(9-11-33)22-15-34(16-23(22)25(35)32-2)21-7-6-20(14-31)24(13-21)27(28,29)30/h3-7,12-13,18,22-23H,8-11,15-16H2,1-2H3,(H,32,35)/t22-,23+/m0/s1. The Labute approximate surface area is 208 Å². The first kappa shape index (κ1) is 25.5. The van der Waals surface area contributed by atoms with E-state index in [1.54, 1.807) is 13.1 Å². The van der Waals surface area contributed by atoms with Crippen LogP contribution in [0.5, 0.6) is 0 Å². The van der Waals surface area contributed by atoms with Gasteiger partial charge in [-0.1, -0.05) is 17.7 Å². The van der Waals surface area contributed by atoms with E-state index in [1.165, 1.54) is 12.1 Å². The van der Waals surface area contributed by atoms with Gasteiger partial charge < -0.3 is 15.1 Å². The summed E-state index contributed by atoms with van der Waals surface area (Å²) in [6.45, 7) is 3.83. The fraction of sp³-hybridized carbons (Fsp3) is 0.444. The Kier molecular flexibility index (Phi) is 7.25. The van der Waals surface area contributed by atoms with E-state index in [0.29, 0.717) is 37.4 Å². The van der Waals surface area contributed by atoms with Gasteiger partial charge in [-0.05, 0) is 61.9 Å². The fourth-order valence-electron chi connectivity index (χ4n) is 5.53. The number of likely N-dealkylation sites (tertiary alicyclic amines) is 1. The van der Waals surface area contributed by atoms with Crippen molar-refractivity contribution in [3.63, 3.8) is 0 Å². The molecule has 1 N–H and O–H groups in total. The number of benzene rings is 2. The molecule has 2 amide bonds. The number of carbonyl (C=O) groups excluding carboxylic acids is 2. The number of nitrogens with zero attached hydrogens (tertiary/aromatic N) is 3. The third-order valence-electron chi connectivity index (χ3n) is 7.44. The first-order valence-electron chi connectivity index (χ1n) is 12.1. The molecule has 4 rings (SSSR count). The van der Waals surface area contributed by atoms with Gasteiger partial charge in [-0.2, -0.15) is 18.4 Å². The summed E-state index contributed by atoms with van der Waals surface area (Å²) in [5, 5.41) is 11.8. The summed E-state index contributed by atoms with van der Waals surface area (Å²) in [4.78, 5) is 29.3. The Balaban J connectivity index is 1.50. The zero-order valence-corrected chi connectivity index (χ0v) is 20.3. The summed E-state index contributed by atoms with van der Waals surface area (Å²) < 4.78 is 40.5. The molecule has 36 heavy (non-hydrogen) atoms. The van der Waals surface area contributed by atoms with Gasteiger partial charge in [0.25, 0.3) is 5.91 Å². The van der Waals surface area contributed by atoms with Crippen molar-refractivity contribution in [2.75, 3.05) is 38.1 Å². The lowest BCUT2D eigenvalue weighted by Crippen LogP contribution is -2.43. The lowest BCUT2D eigenvalue weighted by molar-refractivity contribution is -0.137. The Morgan fingerprint density at radius 3 is 2.42 bits per heavy atom. The third kappa shape index (κ3) is 5.18. The normalized spacial score (nSPS) is 20.8. The predicted molar refractivity (Wildman–Crippen MR) is 129 cm³/mol. The van der Waals surface area contributed by atoms with Crippen molar-refractivity contribution in [1.82, 2.24) is 10.2 Å². The minimum atomic E-state index is -4.64. The maximum Gasteiger partial charge on any atom is 0.417 e. The highest BCUT2D eigenvalue weighted by molar-refractivity contribution is 5.94. The number of hydrogen-bond donors (Lipinski definition) is 1. The summed E-state index contributed by atoms with van der Waals surface area (Å²) in [5.74, 6) is -0.398. The number of anilines is 1. The van der Waals surface area contributed by atoms with E-state index in [1.807, 2.05) is 41.0 Å². The Hall–Kier alpha value is -3.54. The van der Waals surface area contributed by atoms with Crippen molar-refractivity contribution in [3.05, 3.63) is 64.7 Å². The van der Waals surface area contributed by atoms with Gasteiger partial charge in [0, 0.05) is 44.5 Å². The first-order chi connectivity index (χ1) is 17.1. The van der Waals surface area contributed by atoms with Gasteiger partial charge in [0.1, 0.15) is 0 Å². The van der Waals surface area contributed by atoms with E-state index in [0.717, 1.165) is 24.5 Å². The Morgan fingerprint density at radius 1 is 1.08 bits per heavy atom. The van der Waals surface area contributed by atoms with E-state index >= 15 is 0 Å². The second kappa shape index (κ2) is 10.2. The molecule has 0 aromatic heterocycles. The zero-order chi connectivity index (χ0) is 26.0. The van der Waals surface area contributed by atoms with Crippen LogP contribution in [0.4, 0.5) is 18.9 Å². The van der Waals surface area contributed by atoms with Gasteiger partial charge >= 0.3 is 6.18 Å². The van der Waals surface area contributed by atoms with Gasteiger partial charge in [-0.3, -0.25) is 9.59 Å². The van der Waals surface area contributed by atoms with Crippen LogP contribution in [0.25, 0.3) is 0 Å². The maximum atomic E-state index is 13.5. The molecule has 2 aromatic carbocycles. The van der Waals surface area contributed by atoms with Crippen molar-refractivity contribution in [2.45, 2.75) is 25.9 Å². The minimum absolute atomic E-state index is 0.00897. The van der Waals surface area contributed by atoms with Crippen LogP contribution in [0, 0.1) is 36.0 Å². The van der Waals surface area contributed by atoms with Gasteiger partial charge in [0.15, 0.2) is 0 Å². The molecule has 0 radical (unpaired) electrons. The van der Waals surface area contributed by atoms with Crippen LogP contribution < -0.4 is 10.2 Å². The van der Waals surface area contributed by atoms with Gasteiger partial charge in [-0.25, -0.2) is 0 Å². The van der Waals surface area contributed by atoms with E-state index in [4.69, 9.17) is 5.26 Å². The molecule has 190 valence electrons. The molecular formula is C27H29F3N4O2. The molecule has 2 fully saturated rings. The summed E-state index contributed by atoms with van der Waals surface area (Å²) in [6.07, 6.45) is -3.19. The number of piperidine rings is 1. The Morgan fingerprint density at radius 2 is 1.81 bits per heavy atom. The third-order valence-corrected chi connectivity index (χ3v) is 7.44. The van der Waals surface area contributed by atoms with E-state index in [-0.39, 0.29) is 29.6 Å². The minimum Gasteiger partial charge on any atom is -0.370 e. The van der Waals surface area contributed by atoms with Gasteiger partial charge in [0.05, 0.1) is 23.1 Å². The molecule has 0 saturated carbocycles. The molecule has 0 spiro atoms. The fourth-order valence-corrected chi connectivity index (χ4v) is 5.53. The lowest BCUT2D eigenvalue weighted by Gasteiger charge is -2.36. The number of aryl methyl sites for hydroxylation is 1. The molecule has 2 aliphatic heterocycles. The average molecular weight is 499 g/mol. The van der Waals surface area contributed by atoms with Crippen LogP contribution in [-0.4, -0.2) is 49.9 Å². The van der Waals surface area contributed by atoms with Crippen LogP contribution in [0.1, 0.15) is 39.9 Å². The van der Waals surface area contributed by atoms with Crippen LogP contribution in [0.2, 0.25) is 0 Å². The van der Waals surface area contributed by atoms with Crippen molar-refractivity contribution in [3.8, 4) is 6.07 Å². The molecule has 2 atom stereocenters.